The van der Waals surface area contributed by atoms with Crippen LogP contribution in [0.4, 0.5) is 5.69 Å². The van der Waals surface area contributed by atoms with E-state index in [2.05, 4.69) is 34.5 Å². The molecule has 2 aromatic rings. The van der Waals surface area contributed by atoms with Gasteiger partial charge in [-0.05, 0) is 43.5 Å². The second-order valence-corrected chi connectivity index (χ2v) is 6.22. The number of anilines is 1. The van der Waals surface area contributed by atoms with E-state index in [1.165, 1.54) is 5.69 Å². The highest BCUT2D eigenvalue weighted by Crippen LogP contribution is 2.19. The first-order chi connectivity index (χ1) is 11.7. The molecule has 0 spiro atoms. The van der Waals surface area contributed by atoms with Crippen LogP contribution in [-0.4, -0.2) is 31.6 Å². The third kappa shape index (κ3) is 4.28. The first kappa shape index (κ1) is 16.4. The minimum absolute atomic E-state index is 0.0450. The summed E-state index contributed by atoms with van der Waals surface area (Å²) in [5.41, 5.74) is 2.30. The molecule has 1 heterocycles. The van der Waals surface area contributed by atoms with E-state index in [0.29, 0.717) is 0 Å². The molecular weight excluding hydrogens is 300 g/mol. The fraction of sp³-hybridized carbons (Fsp3) is 0.350. The minimum atomic E-state index is -0.0450. The normalized spacial score (nSPS) is 15.1. The number of piperidine rings is 1. The topological polar surface area (TPSA) is 41.6 Å². The van der Waals surface area contributed by atoms with Crippen LogP contribution in [0.5, 0.6) is 5.75 Å². The molecule has 126 valence electrons. The Hall–Kier alpha value is -2.49. The molecule has 3 rings (SSSR count). The van der Waals surface area contributed by atoms with Gasteiger partial charge in [-0.25, -0.2) is 0 Å². The predicted octanol–water partition coefficient (Wildman–Crippen LogP) is 3.16. The monoisotopic (exact) mass is 324 g/mol. The van der Waals surface area contributed by atoms with Crippen molar-refractivity contribution in [2.24, 2.45) is 0 Å². The number of nitrogens with zero attached hydrogens (tertiary/aromatic N) is 1. The van der Waals surface area contributed by atoms with Crippen LogP contribution < -0.4 is 15.0 Å². The Labute approximate surface area is 143 Å². The second-order valence-electron chi connectivity index (χ2n) is 6.22. The number of carbonyl (C=O) groups excluding carboxylic acids is 1. The van der Waals surface area contributed by atoms with E-state index in [4.69, 9.17) is 4.74 Å². The van der Waals surface area contributed by atoms with Crippen molar-refractivity contribution in [3.8, 4) is 5.75 Å². The number of nitrogens with one attached hydrogen (secondary N) is 1. The molecule has 1 amide bonds. The highest BCUT2D eigenvalue weighted by molar-refractivity contribution is 5.77. The summed E-state index contributed by atoms with van der Waals surface area (Å²) in [5, 5.41) is 3.09. The van der Waals surface area contributed by atoms with Crippen molar-refractivity contribution in [3.05, 3.63) is 60.2 Å². The lowest BCUT2D eigenvalue weighted by molar-refractivity contribution is -0.123. The smallest absolute Gasteiger partial charge is 0.258 e. The standard InChI is InChI=1S/C20H24N2O2/c1-16-7-5-6-10-19(16)24-15-20(23)21-17-11-13-22(14-12-17)18-8-3-2-4-9-18/h2-10,17H,11-15H2,1H3,(H,21,23). The molecule has 0 aromatic heterocycles. The van der Waals surface area contributed by atoms with Gasteiger partial charge in [0, 0.05) is 24.8 Å². The number of aryl methyl sites for hydroxylation is 1. The summed E-state index contributed by atoms with van der Waals surface area (Å²) in [7, 11) is 0. The predicted molar refractivity (Wildman–Crippen MR) is 96.5 cm³/mol. The first-order valence-corrected chi connectivity index (χ1v) is 8.50. The molecule has 4 heteroatoms. The molecule has 0 saturated carbocycles. The maximum atomic E-state index is 12.1. The minimum Gasteiger partial charge on any atom is -0.484 e. The molecule has 4 nitrogen and oxygen atoms in total. The van der Waals surface area contributed by atoms with Crippen LogP contribution in [0.25, 0.3) is 0 Å². The molecule has 24 heavy (non-hydrogen) atoms. The zero-order valence-electron chi connectivity index (χ0n) is 14.1. The van der Waals surface area contributed by atoms with Crippen molar-refractivity contribution in [2.45, 2.75) is 25.8 Å². The van der Waals surface area contributed by atoms with Gasteiger partial charge >= 0.3 is 0 Å². The lowest BCUT2D eigenvalue weighted by Crippen LogP contribution is -2.46. The summed E-state index contributed by atoms with van der Waals surface area (Å²) in [6, 6.07) is 18.4. The van der Waals surface area contributed by atoms with Gasteiger partial charge in [0.15, 0.2) is 6.61 Å². The SMILES string of the molecule is Cc1ccccc1OCC(=O)NC1CCN(c2ccccc2)CC1. The summed E-state index contributed by atoms with van der Waals surface area (Å²) in [6.07, 6.45) is 1.93. The Morgan fingerprint density at radius 3 is 2.46 bits per heavy atom. The quantitative estimate of drug-likeness (QED) is 0.918. The molecule has 1 aliphatic heterocycles. The van der Waals surface area contributed by atoms with Crippen molar-refractivity contribution < 1.29 is 9.53 Å². The average molecular weight is 324 g/mol. The Bertz CT molecular complexity index is 664. The van der Waals surface area contributed by atoms with Crippen LogP contribution >= 0.6 is 0 Å². The highest BCUT2D eigenvalue weighted by Gasteiger charge is 2.20. The maximum absolute atomic E-state index is 12.1. The fourth-order valence-electron chi connectivity index (χ4n) is 3.05. The summed E-state index contributed by atoms with van der Waals surface area (Å²) in [6.45, 7) is 3.98. The van der Waals surface area contributed by atoms with Crippen molar-refractivity contribution in [2.75, 3.05) is 24.6 Å². The molecule has 0 aliphatic carbocycles. The zero-order chi connectivity index (χ0) is 16.8. The van der Waals surface area contributed by atoms with Gasteiger partial charge < -0.3 is 15.0 Å². The van der Waals surface area contributed by atoms with Gasteiger partial charge in [-0.2, -0.15) is 0 Å². The number of rotatable bonds is 5. The van der Waals surface area contributed by atoms with Gasteiger partial charge in [0.25, 0.3) is 5.91 Å². The maximum Gasteiger partial charge on any atom is 0.258 e. The van der Waals surface area contributed by atoms with Crippen LogP contribution in [0.1, 0.15) is 18.4 Å². The van der Waals surface area contributed by atoms with Gasteiger partial charge in [0.1, 0.15) is 5.75 Å². The number of hydrogen-bond acceptors (Lipinski definition) is 3. The molecule has 0 atom stereocenters. The van der Waals surface area contributed by atoms with Gasteiger partial charge in [0.2, 0.25) is 0 Å². The Morgan fingerprint density at radius 2 is 1.75 bits per heavy atom. The van der Waals surface area contributed by atoms with Crippen molar-refractivity contribution in [1.29, 1.82) is 0 Å². The van der Waals surface area contributed by atoms with Crippen LogP contribution in [0.2, 0.25) is 0 Å². The molecule has 0 bridgehead atoms. The summed E-state index contributed by atoms with van der Waals surface area (Å²) < 4.78 is 5.61. The largest absolute Gasteiger partial charge is 0.484 e. The van der Waals surface area contributed by atoms with E-state index in [-0.39, 0.29) is 18.6 Å². The number of ether oxygens (including phenoxy) is 1. The van der Waals surface area contributed by atoms with Crippen LogP contribution in [0.15, 0.2) is 54.6 Å². The first-order valence-electron chi connectivity index (χ1n) is 8.50. The number of benzene rings is 2. The van der Waals surface area contributed by atoms with E-state index < -0.39 is 0 Å². The molecule has 1 saturated heterocycles. The average Bonchev–Trinajstić information content (AvgIpc) is 2.62. The molecular formula is C20H24N2O2. The van der Waals surface area contributed by atoms with E-state index in [9.17, 15) is 4.79 Å². The van der Waals surface area contributed by atoms with Crippen molar-refractivity contribution >= 4 is 11.6 Å². The number of amides is 1. The number of para-hydroxylation sites is 2. The van der Waals surface area contributed by atoms with Crippen molar-refractivity contribution in [1.82, 2.24) is 5.32 Å². The molecule has 1 N–H and O–H groups in total. The van der Waals surface area contributed by atoms with Crippen LogP contribution in [0, 0.1) is 6.92 Å². The van der Waals surface area contributed by atoms with Gasteiger partial charge in [0.05, 0.1) is 0 Å². The summed E-state index contributed by atoms with van der Waals surface area (Å²) in [5.74, 6) is 0.725. The third-order valence-corrected chi connectivity index (χ3v) is 4.43. The highest BCUT2D eigenvalue weighted by atomic mass is 16.5. The van der Waals surface area contributed by atoms with Gasteiger partial charge in [-0.1, -0.05) is 36.4 Å². The van der Waals surface area contributed by atoms with E-state index in [0.717, 1.165) is 37.2 Å². The lowest BCUT2D eigenvalue weighted by Gasteiger charge is -2.34. The zero-order valence-corrected chi connectivity index (χ0v) is 14.1. The van der Waals surface area contributed by atoms with Gasteiger partial charge in [-0.3, -0.25) is 4.79 Å². The molecule has 0 radical (unpaired) electrons. The van der Waals surface area contributed by atoms with Crippen LogP contribution in [-0.2, 0) is 4.79 Å². The second kappa shape index (κ2) is 7.86. The molecule has 2 aromatic carbocycles. The summed E-state index contributed by atoms with van der Waals surface area (Å²) in [4.78, 5) is 14.5. The third-order valence-electron chi connectivity index (χ3n) is 4.43. The fourth-order valence-corrected chi connectivity index (χ4v) is 3.05. The molecule has 0 unspecified atom stereocenters. The Morgan fingerprint density at radius 1 is 1.08 bits per heavy atom. The number of hydrogen-bond donors (Lipinski definition) is 1. The van der Waals surface area contributed by atoms with E-state index in [1.54, 1.807) is 0 Å². The van der Waals surface area contributed by atoms with Crippen LogP contribution in [0.3, 0.4) is 0 Å². The van der Waals surface area contributed by atoms with Gasteiger partial charge in [-0.15, -0.1) is 0 Å². The Kier molecular flexibility index (Phi) is 5.36. The number of carbonyl (C=O) groups is 1. The molecule has 1 fully saturated rings. The van der Waals surface area contributed by atoms with E-state index >= 15 is 0 Å². The molecule has 1 aliphatic rings. The summed E-state index contributed by atoms with van der Waals surface area (Å²) >= 11 is 0. The van der Waals surface area contributed by atoms with E-state index in [1.807, 2.05) is 37.3 Å². The lowest BCUT2D eigenvalue weighted by atomic mass is 10.0. The van der Waals surface area contributed by atoms with Crippen molar-refractivity contribution in [3.63, 3.8) is 0 Å². The Balaban J connectivity index is 1.43.